The second-order valence-electron chi connectivity index (χ2n) is 2.93. The van der Waals surface area contributed by atoms with E-state index >= 15 is 0 Å². The number of aromatic amines is 1. The molecule has 13 heavy (non-hydrogen) atoms. The number of aromatic nitrogens is 1. The molecule has 68 valence electrons. The van der Waals surface area contributed by atoms with Gasteiger partial charge in [-0.3, -0.25) is 9.59 Å². The molecule has 1 amide bonds. The minimum atomic E-state index is -0.186. The van der Waals surface area contributed by atoms with Crippen LogP contribution in [-0.4, -0.2) is 10.9 Å². The first-order chi connectivity index (χ1) is 6.11. The fourth-order valence-electron chi connectivity index (χ4n) is 1.40. The van der Waals surface area contributed by atoms with Crippen LogP contribution in [-0.2, 0) is 6.54 Å². The summed E-state index contributed by atoms with van der Waals surface area (Å²) in [6, 6.07) is 0. The third-order valence-electron chi connectivity index (χ3n) is 2.08. The topological polar surface area (TPSA) is 62.0 Å². The van der Waals surface area contributed by atoms with Gasteiger partial charge in [0.1, 0.15) is 0 Å². The van der Waals surface area contributed by atoms with E-state index in [0.29, 0.717) is 27.8 Å². The van der Waals surface area contributed by atoms with Gasteiger partial charge in [0.15, 0.2) is 0 Å². The minimum Gasteiger partial charge on any atom is -0.348 e. The summed E-state index contributed by atoms with van der Waals surface area (Å²) in [5.74, 6) is -0.184. The molecule has 5 heteroatoms. The Kier molecular flexibility index (Phi) is 1.76. The van der Waals surface area contributed by atoms with Gasteiger partial charge in [-0.05, 0) is 22.9 Å². The largest absolute Gasteiger partial charge is 0.348 e. The van der Waals surface area contributed by atoms with E-state index in [4.69, 9.17) is 0 Å². The summed E-state index contributed by atoms with van der Waals surface area (Å²) >= 11 is 3.27. The molecule has 0 fully saturated rings. The Morgan fingerprint density at radius 1 is 1.38 bits per heavy atom. The fraction of sp³-hybridized carbons (Fsp3) is 0.250. The highest BCUT2D eigenvalue weighted by Gasteiger charge is 2.25. The first kappa shape index (κ1) is 8.50. The van der Waals surface area contributed by atoms with Crippen LogP contribution in [0.4, 0.5) is 0 Å². The maximum absolute atomic E-state index is 11.4. The second-order valence-corrected chi connectivity index (χ2v) is 3.72. The summed E-state index contributed by atoms with van der Waals surface area (Å²) < 4.78 is 0.678. The van der Waals surface area contributed by atoms with Crippen LogP contribution < -0.4 is 10.9 Å². The number of rotatable bonds is 0. The first-order valence-corrected chi connectivity index (χ1v) is 4.60. The summed E-state index contributed by atoms with van der Waals surface area (Å²) in [7, 11) is 0. The van der Waals surface area contributed by atoms with Gasteiger partial charge in [-0.2, -0.15) is 0 Å². The van der Waals surface area contributed by atoms with E-state index in [9.17, 15) is 9.59 Å². The molecule has 0 bridgehead atoms. The lowest BCUT2D eigenvalue weighted by atomic mass is 10.1. The zero-order valence-electron chi connectivity index (χ0n) is 6.90. The number of hydrogen-bond donors (Lipinski definition) is 2. The predicted octanol–water partition coefficient (Wildman–Crippen LogP) is 0.689. The van der Waals surface area contributed by atoms with Crippen molar-refractivity contribution < 1.29 is 4.79 Å². The Labute approximate surface area is 82.5 Å². The third kappa shape index (κ3) is 1.11. The molecular formula is C8H7BrN2O2. The van der Waals surface area contributed by atoms with Crippen LogP contribution in [0.25, 0.3) is 0 Å². The number of halogens is 1. The number of carbonyl (C=O) groups is 1. The van der Waals surface area contributed by atoms with E-state index in [0.717, 1.165) is 0 Å². The molecule has 1 aromatic rings. The smallest absolute Gasteiger partial charge is 0.254 e. The molecule has 0 saturated heterocycles. The Bertz CT molecular complexity index is 450. The van der Waals surface area contributed by atoms with E-state index in [2.05, 4.69) is 26.2 Å². The molecular weight excluding hydrogens is 236 g/mol. The molecule has 2 heterocycles. The number of fused-ring (bicyclic) bond motifs is 1. The van der Waals surface area contributed by atoms with E-state index < -0.39 is 0 Å². The van der Waals surface area contributed by atoms with Crippen molar-refractivity contribution in [2.45, 2.75) is 13.5 Å². The molecule has 4 nitrogen and oxygen atoms in total. The van der Waals surface area contributed by atoms with Crippen LogP contribution in [0.5, 0.6) is 0 Å². The molecule has 0 radical (unpaired) electrons. The van der Waals surface area contributed by atoms with Crippen LogP contribution in [0.1, 0.15) is 21.6 Å². The standard InChI is InChI=1S/C8H7BrN2O2/c1-3-6(9)5-4(7(12)11-3)2-10-8(5)13/h2H2,1H3,(H,10,13)(H,11,12). The van der Waals surface area contributed by atoms with Crippen LogP contribution in [0.3, 0.4) is 0 Å². The van der Waals surface area contributed by atoms with Crippen molar-refractivity contribution in [2.24, 2.45) is 0 Å². The van der Waals surface area contributed by atoms with Crippen molar-refractivity contribution in [2.75, 3.05) is 0 Å². The van der Waals surface area contributed by atoms with Gasteiger partial charge in [0, 0.05) is 16.7 Å². The minimum absolute atomic E-state index is 0.184. The molecule has 0 atom stereocenters. The van der Waals surface area contributed by atoms with Crippen molar-refractivity contribution in [1.29, 1.82) is 0 Å². The van der Waals surface area contributed by atoms with Crippen LogP contribution in [0.2, 0.25) is 0 Å². The SMILES string of the molecule is Cc1[nH]c(=O)c2c(c1Br)C(=O)NC2. The maximum Gasteiger partial charge on any atom is 0.254 e. The lowest BCUT2D eigenvalue weighted by Crippen LogP contribution is -2.14. The van der Waals surface area contributed by atoms with Crippen molar-refractivity contribution >= 4 is 21.8 Å². The molecule has 0 unspecified atom stereocenters. The van der Waals surface area contributed by atoms with E-state index in [1.165, 1.54) is 0 Å². The fourth-order valence-corrected chi connectivity index (χ4v) is 1.92. The molecule has 0 spiro atoms. The highest BCUT2D eigenvalue weighted by atomic mass is 79.9. The van der Waals surface area contributed by atoms with Crippen molar-refractivity contribution in [3.05, 3.63) is 31.6 Å². The Hall–Kier alpha value is -1.10. The highest BCUT2D eigenvalue weighted by molar-refractivity contribution is 9.10. The lowest BCUT2D eigenvalue weighted by molar-refractivity contribution is 0.0965. The van der Waals surface area contributed by atoms with Gasteiger partial charge < -0.3 is 10.3 Å². The summed E-state index contributed by atoms with van der Waals surface area (Å²) in [6.07, 6.45) is 0. The number of hydrogen-bond acceptors (Lipinski definition) is 2. The predicted molar refractivity (Wildman–Crippen MR) is 50.7 cm³/mol. The number of H-pyrrole nitrogens is 1. The highest BCUT2D eigenvalue weighted by Crippen LogP contribution is 2.23. The summed E-state index contributed by atoms with van der Waals surface area (Å²) in [4.78, 5) is 25.3. The molecule has 2 N–H and O–H groups in total. The zero-order chi connectivity index (χ0) is 9.59. The van der Waals surface area contributed by atoms with Gasteiger partial charge >= 0.3 is 0 Å². The van der Waals surface area contributed by atoms with Crippen LogP contribution in [0.15, 0.2) is 9.27 Å². The van der Waals surface area contributed by atoms with Gasteiger partial charge in [0.25, 0.3) is 11.5 Å². The quantitative estimate of drug-likeness (QED) is 0.704. The van der Waals surface area contributed by atoms with Gasteiger partial charge in [-0.25, -0.2) is 0 Å². The van der Waals surface area contributed by atoms with Crippen molar-refractivity contribution in [1.82, 2.24) is 10.3 Å². The van der Waals surface area contributed by atoms with E-state index in [1.807, 2.05) is 0 Å². The summed E-state index contributed by atoms with van der Waals surface area (Å²) in [6.45, 7) is 2.07. The molecule has 1 aliphatic heterocycles. The number of amides is 1. The lowest BCUT2D eigenvalue weighted by Gasteiger charge is -2.01. The van der Waals surface area contributed by atoms with E-state index in [1.54, 1.807) is 6.92 Å². The zero-order valence-corrected chi connectivity index (χ0v) is 8.49. The van der Waals surface area contributed by atoms with Crippen molar-refractivity contribution in [3.63, 3.8) is 0 Å². The normalized spacial score (nSPS) is 14.2. The summed E-state index contributed by atoms with van der Waals surface area (Å²) in [5, 5.41) is 2.60. The molecule has 1 aromatic heterocycles. The van der Waals surface area contributed by atoms with Gasteiger partial charge in [0.05, 0.1) is 11.1 Å². The van der Waals surface area contributed by atoms with Crippen molar-refractivity contribution in [3.8, 4) is 0 Å². The Morgan fingerprint density at radius 3 is 2.77 bits per heavy atom. The van der Waals surface area contributed by atoms with Crippen LogP contribution >= 0.6 is 15.9 Å². The van der Waals surface area contributed by atoms with Gasteiger partial charge in [0.2, 0.25) is 0 Å². The van der Waals surface area contributed by atoms with Gasteiger partial charge in [-0.1, -0.05) is 0 Å². The molecule has 0 aliphatic carbocycles. The molecule has 1 aliphatic rings. The van der Waals surface area contributed by atoms with Crippen LogP contribution in [0, 0.1) is 6.92 Å². The molecule has 0 saturated carbocycles. The molecule has 2 rings (SSSR count). The number of pyridine rings is 1. The Balaban J connectivity index is 2.85. The average Bonchev–Trinajstić information content (AvgIpc) is 2.44. The number of nitrogens with one attached hydrogen (secondary N) is 2. The number of aryl methyl sites for hydroxylation is 1. The number of carbonyl (C=O) groups excluding carboxylic acids is 1. The average molecular weight is 243 g/mol. The maximum atomic E-state index is 11.4. The van der Waals surface area contributed by atoms with Gasteiger partial charge in [-0.15, -0.1) is 0 Å². The van der Waals surface area contributed by atoms with E-state index in [-0.39, 0.29) is 11.5 Å². The Morgan fingerprint density at radius 2 is 2.08 bits per heavy atom. The third-order valence-corrected chi connectivity index (χ3v) is 3.07. The molecule has 0 aromatic carbocycles. The monoisotopic (exact) mass is 242 g/mol. The first-order valence-electron chi connectivity index (χ1n) is 3.80. The second kappa shape index (κ2) is 2.70. The summed E-state index contributed by atoms with van der Waals surface area (Å²) in [5.41, 5.74) is 1.48.